The predicted molar refractivity (Wildman–Crippen MR) is 171 cm³/mol. The van der Waals surface area contributed by atoms with E-state index in [1.807, 2.05) is 12.1 Å². The zero-order valence-corrected chi connectivity index (χ0v) is 22.0. The number of imidazole rings is 1. The minimum absolute atomic E-state index is 0.0327. The maximum absolute atomic E-state index is 14.0. The van der Waals surface area contributed by atoms with Gasteiger partial charge in [-0.1, -0.05) is 103 Å². The van der Waals surface area contributed by atoms with Crippen LogP contribution in [-0.2, 0) is 0 Å². The summed E-state index contributed by atoms with van der Waals surface area (Å²) >= 11 is 0. The molecule has 0 saturated carbocycles. The summed E-state index contributed by atoms with van der Waals surface area (Å²) < 4.78 is 1.78. The Morgan fingerprint density at radius 2 is 1.12 bits per heavy atom. The van der Waals surface area contributed by atoms with Crippen LogP contribution in [-0.4, -0.2) is 9.38 Å². The van der Waals surface area contributed by atoms with Crippen molar-refractivity contribution in [2.24, 2.45) is 0 Å². The molecule has 2 aromatic heterocycles. The van der Waals surface area contributed by atoms with Crippen LogP contribution >= 0.6 is 0 Å². The third kappa shape index (κ3) is 3.20. The molecule has 41 heavy (non-hydrogen) atoms. The molecule has 0 saturated heterocycles. The molecule has 9 aromatic rings. The van der Waals surface area contributed by atoms with Crippen molar-refractivity contribution in [3.8, 4) is 22.3 Å². The van der Waals surface area contributed by atoms with Crippen molar-refractivity contribution in [1.29, 1.82) is 0 Å². The summed E-state index contributed by atoms with van der Waals surface area (Å²) in [6.07, 6.45) is 0. The van der Waals surface area contributed by atoms with Crippen LogP contribution in [0, 0.1) is 0 Å². The van der Waals surface area contributed by atoms with Crippen LogP contribution in [0.15, 0.2) is 138 Å². The Bertz CT molecular complexity index is 2560. The number of rotatable bonds is 2. The first-order valence-corrected chi connectivity index (χ1v) is 13.8. The molecule has 0 aliphatic rings. The smallest absolute Gasteiger partial charge is 0.264 e. The van der Waals surface area contributed by atoms with Gasteiger partial charge in [-0.15, -0.1) is 0 Å². The summed E-state index contributed by atoms with van der Waals surface area (Å²) in [5.74, 6) is 0. The lowest BCUT2D eigenvalue weighted by atomic mass is 9.93. The molecule has 0 unspecified atom stereocenters. The molecule has 0 aliphatic heterocycles. The minimum Gasteiger partial charge on any atom is -0.268 e. The normalized spacial score (nSPS) is 12.0. The monoisotopic (exact) mass is 522 g/mol. The highest BCUT2D eigenvalue weighted by atomic mass is 16.1. The van der Waals surface area contributed by atoms with E-state index in [0.717, 1.165) is 49.4 Å². The Morgan fingerprint density at radius 1 is 0.488 bits per heavy atom. The van der Waals surface area contributed by atoms with E-state index in [1.54, 1.807) is 4.40 Å². The van der Waals surface area contributed by atoms with Gasteiger partial charge in [-0.2, -0.15) is 0 Å². The molecule has 0 aliphatic carbocycles. The van der Waals surface area contributed by atoms with E-state index in [-0.39, 0.29) is 5.56 Å². The van der Waals surface area contributed by atoms with Gasteiger partial charge in [0.15, 0.2) is 0 Å². The van der Waals surface area contributed by atoms with E-state index >= 15 is 0 Å². The van der Waals surface area contributed by atoms with E-state index in [4.69, 9.17) is 4.98 Å². The summed E-state index contributed by atoms with van der Waals surface area (Å²) in [4.78, 5) is 19.1. The lowest BCUT2D eigenvalue weighted by molar-refractivity contribution is 1.19. The molecule has 0 spiro atoms. The third-order valence-electron chi connectivity index (χ3n) is 8.51. The Hall–Kier alpha value is -5.54. The minimum atomic E-state index is -0.0327. The summed E-state index contributed by atoms with van der Waals surface area (Å²) in [6.45, 7) is 0. The Balaban J connectivity index is 1.29. The largest absolute Gasteiger partial charge is 0.268 e. The van der Waals surface area contributed by atoms with Crippen LogP contribution in [0.4, 0.5) is 0 Å². The highest BCUT2D eigenvalue weighted by Gasteiger charge is 2.18. The van der Waals surface area contributed by atoms with Crippen molar-refractivity contribution in [1.82, 2.24) is 9.38 Å². The molecule has 7 aromatic carbocycles. The van der Waals surface area contributed by atoms with Gasteiger partial charge in [-0.3, -0.25) is 9.20 Å². The van der Waals surface area contributed by atoms with E-state index < -0.39 is 0 Å². The molecule has 0 amide bonds. The molecule has 0 atom stereocenters. The highest BCUT2D eigenvalue weighted by molar-refractivity contribution is 6.19. The number of aromatic nitrogens is 2. The molecule has 190 valence electrons. The Labute approximate surface area is 234 Å². The number of benzene rings is 7. The molecule has 2 heterocycles. The summed E-state index contributed by atoms with van der Waals surface area (Å²) in [5.41, 5.74) is 6.79. The van der Waals surface area contributed by atoms with Crippen molar-refractivity contribution in [2.45, 2.75) is 0 Å². The molecular formula is C38H22N2O. The van der Waals surface area contributed by atoms with Gasteiger partial charge >= 0.3 is 0 Å². The average molecular weight is 523 g/mol. The van der Waals surface area contributed by atoms with E-state index in [1.165, 1.54) is 21.5 Å². The maximum Gasteiger partial charge on any atom is 0.264 e. The fraction of sp³-hybridized carbons (Fsp3) is 0. The molecule has 0 N–H and O–H groups in total. The van der Waals surface area contributed by atoms with Gasteiger partial charge in [-0.05, 0) is 79.5 Å². The van der Waals surface area contributed by atoms with Gasteiger partial charge in [0.05, 0.1) is 11.0 Å². The highest BCUT2D eigenvalue weighted by Crippen LogP contribution is 2.37. The van der Waals surface area contributed by atoms with Crippen LogP contribution in [0.5, 0.6) is 0 Å². The summed E-state index contributed by atoms with van der Waals surface area (Å²) in [7, 11) is 0. The molecule has 0 bridgehead atoms. The first-order valence-electron chi connectivity index (χ1n) is 13.8. The summed E-state index contributed by atoms with van der Waals surface area (Å²) in [6, 6.07) is 46.4. The van der Waals surface area contributed by atoms with Crippen LogP contribution in [0.2, 0.25) is 0 Å². The van der Waals surface area contributed by atoms with E-state index in [2.05, 4.69) is 121 Å². The topological polar surface area (TPSA) is 34.4 Å². The van der Waals surface area contributed by atoms with Crippen molar-refractivity contribution in [2.75, 3.05) is 0 Å². The quantitative estimate of drug-likeness (QED) is 0.227. The Morgan fingerprint density at radius 3 is 1.90 bits per heavy atom. The van der Waals surface area contributed by atoms with Gasteiger partial charge in [0, 0.05) is 16.2 Å². The molecule has 9 rings (SSSR count). The van der Waals surface area contributed by atoms with Gasteiger partial charge in [0.2, 0.25) is 0 Å². The fourth-order valence-electron chi connectivity index (χ4n) is 6.52. The third-order valence-corrected chi connectivity index (χ3v) is 8.51. The number of hydrogen-bond acceptors (Lipinski definition) is 2. The Kier molecular flexibility index (Phi) is 4.48. The molecule has 0 fully saturated rings. The predicted octanol–water partition coefficient (Wildman–Crippen LogP) is 9.23. The first kappa shape index (κ1) is 22.3. The van der Waals surface area contributed by atoms with Crippen molar-refractivity contribution >= 4 is 59.8 Å². The maximum atomic E-state index is 14.0. The van der Waals surface area contributed by atoms with Crippen molar-refractivity contribution < 1.29 is 0 Å². The zero-order valence-electron chi connectivity index (χ0n) is 22.0. The van der Waals surface area contributed by atoms with Gasteiger partial charge in [0.1, 0.15) is 5.65 Å². The second-order valence-electron chi connectivity index (χ2n) is 10.8. The van der Waals surface area contributed by atoms with Crippen molar-refractivity contribution in [3.63, 3.8) is 0 Å². The molecular weight excluding hydrogens is 500 g/mol. The number of pyridine rings is 1. The fourth-order valence-corrected chi connectivity index (χ4v) is 6.52. The lowest BCUT2D eigenvalue weighted by Gasteiger charge is -2.12. The lowest BCUT2D eigenvalue weighted by Crippen LogP contribution is -2.13. The molecule has 0 radical (unpaired) electrons. The first-order chi connectivity index (χ1) is 20.2. The number of hydrogen-bond donors (Lipinski definition) is 0. The SMILES string of the molecule is O=c1c2ccc(-c3ccc4ccccc4c3)c3cccc(c32)c2nc3cc(-c4ccc5ccccc5c4)ccc3n12. The standard InChI is InChI=1S/C38H22N2O/c41-38-33-18-17-30(29-15-13-24-7-2-4-9-26(24)21-29)31-10-5-11-32(36(31)33)37-39-34-22-28(16-19-35(34)40(37)38)27-14-12-23-6-1-3-8-25(23)20-27/h1-22H. The van der Waals surface area contributed by atoms with Crippen LogP contribution in [0.1, 0.15) is 0 Å². The van der Waals surface area contributed by atoms with E-state index in [9.17, 15) is 4.79 Å². The van der Waals surface area contributed by atoms with Gasteiger partial charge in [-0.25, -0.2) is 4.98 Å². The summed E-state index contributed by atoms with van der Waals surface area (Å²) in [5, 5.41) is 8.58. The van der Waals surface area contributed by atoms with E-state index in [0.29, 0.717) is 11.0 Å². The zero-order chi connectivity index (χ0) is 27.1. The van der Waals surface area contributed by atoms with Gasteiger partial charge in [0.25, 0.3) is 5.56 Å². The van der Waals surface area contributed by atoms with Crippen LogP contribution in [0.25, 0.3) is 82.0 Å². The van der Waals surface area contributed by atoms with Crippen molar-refractivity contribution in [3.05, 3.63) is 144 Å². The van der Waals surface area contributed by atoms with Gasteiger partial charge < -0.3 is 0 Å². The second-order valence-corrected chi connectivity index (χ2v) is 10.8. The molecule has 3 nitrogen and oxygen atoms in total. The number of nitrogens with zero attached hydrogens (tertiary/aromatic N) is 2. The number of fused-ring (bicyclic) bond motifs is 6. The second kappa shape index (κ2) is 8.23. The molecule has 3 heteroatoms. The average Bonchev–Trinajstić information content (AvgIpc) is 3.42. The van der Waals surface area contributed by atoms with Crippen LogP contribution < -0.4 is 5.56 Å². The van der Waals surface area contributed by atoms with Crippen LogP contribution in [0.3, 0.4) is 0 Å².